The molecule has 3 heteroatoms. The standard InChI is InChI=1S/C11H16FNO/c1-7(13)6-9-8(2)11(14-3)5-4-10(9)12/h4-5,7H,6,13H2,1-3H3. The van der Waals surface area contributed by atoms with Crippen molar-refractivity contribution in [2.24, 2.45) is 5.73 Å². The van der Waals surface area contributed by atoms with Gasteiger partial charge in [-0.05, 0) is 43.5 Å². The molecular formula is C11H16FNO. The van der Waals surface area contributed by atoms with Crippen molar-refractivity contribution in [3.8, 4) is 5.75 Å². The van der Waals surface area contributed by atoms with Crippen LogP contribution in [0.5, 0.6) is 5.75 Å². The van der Waals surface area contributed by atoms with Gasteiger partial charge in [-0.3, -0.25) is 0 Å². The number of hydrogen-bond donors (Lipinski definition) is 1. The first kappa shape index (κ1) is 11.0. The molecule has 0 radical (unpaired) electrons. The van der Waals surface area contributed by atoms with E-state index in [1.165, 1.54) is 6.07 Å². The van der Waals surface area contributed by atoms with Crippen molar-refractivity contribution in [3.63, 3.8) is 0 Å². The third kappa shape index (κ3) is 2.23. The van der Waals surface area contributed by atoms with Gasteiger partial charge in [0.25, 0.3) is 0 Å². The highest BCUT2D eigenvalue weighted by atomic mass is 19.1. The van der Waals surface area contributed by atoms with E-state index in [1.54, 1.807) is 13.2 Å². The third-order valence-electron chi connectivity index (χ3n) is 2.24. The van der Waals surface area contributed by atoms with Crippen LogP contribution in [-0.2, 0) is 6.42 Å². The van der Waals surface area contributed by atoms with Gasteiger partial charge in [0.15, 0.2) is 0 Å². The Labute approximate surface area is 83.9 Å². The first-order chi connectivity index (χ1) is 6.56. The minimum absolute atomic E-state index is 0.0460. The predicted octanol–water partition coefficient (Wildman–Crippen LogP) is 2.03. The summed E-state index contributed by atoms with van der Waals surface area (Å²) in [4.78, 5) is 0. The van der Waals surface area contributed by atoms with Gasteiger partial charge in [0, 0.05) is 6.04 Å². The number of nitrogens with two attached hydrogens (primary N) is 1. The molecule has 1 aromatic rings. The van der Waals surface area contributed by atoms with Crippen molar-refractivity contribution in [2.75, 3.05) is 7.11 Å². The highest BCUT2D eigenvalue weighted by molar-refractivity contribution is 5.40. The summed E-state index contributed by atoms with van der Waals surface area (Å²) in [5.74, 6) is 0.502. The van der Waals surface area contributed by atoms with E-state index in [-0.39, 0.29) is 11.9 Å². The molecule has 0 heterocycles. The van der Waals surface area contributed by atoms with Crippen LogP contribution in [0.2, 0.25) is 0 Å². The van der Waals surface area contributed by atoms with Crippen molar-refractivity contribution in [3.05, 3.63) is 29.1 Å². The summed E-state index contributed by atoms with van der Waals surface area (Å²) in [5.41, 5.74) is 7.14. The Morgan fingerprint density at radius 1 is 1.50 bits per heavy atom. The molecule has 1 rings (SSSR count). The molecule has 0 spiro atoms. The van der Waals surface area contributed by atoms with Crippen LogP contribution >= 0.6 is 0 Å². The van der Waals surface area contributed by atoms with E-state index in [1.807, 2.05) is 13.8 Å². The van der Waals surface area contributed by atoms with E-state index >= 15 is 0 Å². The summed E-state index contributed by atoms with van der Waals surface area (Å²) in [6, 6.07) is 3.01. The molecule has 0 amide bonds. The van der Waals surface area contributed by atoms with Gasteiger partial charge in [0.1, 0.15) is 11.6 Å². The number of halogens is 1. The summed E-state index contributed by atoms with van der Waals surface area (Å²) < 4.78 is 18.5. The minimum atomic E-state index is -0.208. The van der Waals surface area contributed by atoms with Gasteiger partial charge in [0.2, 0.25) is 0 Å². The van der Waals surface area contributed by atoms with E-state index in [0.29, 0.717) is 17.7 Å². The molecule has 14 heavy (non-hydrogen) atoms. The molecule has 78 valence electrons. The fraction of sp³-hybridized carbons (Fsp3) is 0.455. The fourth-order valence-electron chi connectivity index (χ4n) is 1.50. The maximum Gasteiger partial charge on any atom is 0.126 e. The van der Waals surface area contributed by atoms with Gasteiger partial charge >= 0.3 is 0 Å². The summed E-state index contributed by atoms with van der Waals surface area (Å²) >= 11 is 0. The van der Waals surface area contributed by atoms with Crippen LogP contribution in [0.4, 0.5) is 4.39 Å². The van der Waals surface area contributed by atoms with Crippen molar-refractivity contribution in [1.29, 1.82) is 0 Å². The number of rotatable bonds is 3. The van der Waals surface area contributed by atoms with Crippen molar-refractivity contribution in [1.82, 2.24) is 0 Å². The van der Waals surface area contributed by atoms with Crippen LogP contribution in [0.25, 0.3) is 0 Å². The van der Waals surface area contributed by atoms with Crippen molar-refractivity contribution < 1.29 is 9.13 Å². The molecule has 0 aliphatic carbocycles. The van der Waals surface area contributed by atoms with Crippen LogP contribution in [0.15, 0.2) is 12.1 Å². The van der Waals surface area contributed by atoms with E-state index in [2.05, 4.69) is 0 Å². The molecule has 0 aliphatic rings. The highest BCUT2D eigenvalue weighted by Crippen LogP contribution is 2.24. The maximum atomic E-state index is 13.4. The Kier molecular flexibility index (Phi) is 3.47. The van der Waals surface area contributed by atoms with Crippen LogP contribution < -0.4 is 10.5 Å². The summed E-state index contributed by atoms with van der Waals surface area (Å²) in [7, 11) is 1.58. The first-order valence-corrected chi connectivity index (χ1v) is 4.63. The molecule has 2 N–H and O–H groups in total. The summed E-state index contributed by atoms with van der Waals surface area (Å²) in [5, 5.41) is 0. The molecule has 0 saturated carbocycles. The van der Waals surface area contributed by atoms with Gasteiger partial charge in [0.05, 0.1) is 7.11 Å². The topological polar surface area (TPSA) is 35.2 Å². The smallest absolute Gasteiger partial charge is 0.126 e. The van der Waals surface area contributed by atoms with Gasteiger partial charge in [-0.25, -0.2) is 4.39 Å². The normalized spacial score (nSPS) is 12.6. The second kappa shape index (κ2) is 4.42. The lowest BCUT2D eigenvalue weighted by molar-refractivity contribution is 0.409. The number of methoxy groups -OCH3 is 1. The van der Waals surface area contributed by atoms with Gasteiger partial charge in [-0.2, -0.15) is 0 Å². The highest BCUT2D eigenvalue weighted by Gasteiger charge is 2.11. The third-order valence-corrected chi connectivity index (χ3v) is 2.24. The molecule has 0 aromatic heterocycles. The quantitative estimate of drug-likeness (QED) is 0.804. The molecule has 0 fully saturated rings. The number of hydrogen-bond acceptors (Lipinski definition) is 2. The Morgan fingerprint density at radius 3 is 2.64 bits per heavy atom. The van der Waals surface area contributed by atoms with E-state index in [4.69, 9.17) is 10.5 Å². The molecule has 0 saturated heterocycles. The van der Waals surface area contributed by atoms with Crippen molar-refractivity contribution in [2.45, 2.75) is 26.3 Å². The second-order valence-corrected chi connectivity index (χ2v) is 3.53. The van der Waals surface area contributed by atoms with Crippen LogP contribution in [-0.4, -0.2) is 13.2 Å². The minimum Gasteiger partial charge on any atom is -0.496 e. The van der Waals surface area contributed by atoms with Crippen LogP contribution in [0, 0.1) is 12.7 Å². The predicted molar refractivity (Wildman–Crippen MR) is 55.0 cm³/mol. The molecule has 1 aromatic carbocycles. The monoisotopic (exact) mass is 197 g/mol. The zero-order valence-corrected chi connectivity index (χ0v) is 8.80. The molecule has 0 aliphatic heterocycles. The van der Waals surface area contributed by atoms with Gasteiger partial charge in [-0.15, -0.1) is 0 Å². The van der Waals surface area contributed by atoms with Crippen LogP contribution in [0.1, 0.15) is 18.1 Å². The lowest BCUT2D eigenvalue weighted by atomic mass is 10.0. The fourth-order valence-corrected chi connectivity index (χ4v) is 1.50. The van der Waals surface area contributed by atoms with E-state index in [0.717, 1.165) is 5.56 Å². The summed E-state index contributed by atoms with van der Waals surface area (Å²) in [6.07, 6.45) is 0.537. The number of benzene rings is 1. The Hall–Kier alpha value is -1.09. The molecule has 2 nitrogen and oxygen atoms in total. The lowest BCUT2D eigenvalue weighted by Crippen LogP contribution is -2.19. The second-order valence-electron chi connectivity index (χ2n) is 3.53. The van der Waals surface area contributed by atoms with Crippen molar-refractivity contribution >= 4 is 0 Å². The molecule has 1 atom stereocenters. The Balaban J connectivity index is 3.11. The molecule has 0 bridgehead atoms. The van der Waals surface area contributed by atoms with E-state index in [9.17, 15) is 4.39 Å². The first-order valence-electron chi connectivity index (χ1n) is 4.63. The molecular weight excluding hydrogens is 181 g/mol. The number of ether oxygens (including phenoxy) is 1. The van der Waals surface area contributed by atoms with E-state index < -0.39 is 0 Å². The zero-order chi connectivity index (χ0) is 10.7. The average Bonchev–Trinajstić information content (AvgIpc) is 2.12. The SMILES string of the molecule is COc1ccc(F)c(CC(C)N)c1C. The lowest BCUT2D eigenvalue weighted by Gasteiger charge is -2.13. The maximum absolute atomic E-state index is 13.4. The van der Waals surface area contributed by atoms with Gasteiger partial charge in [-0.1, -0.05) is 0 Å². The molecule has 1 unspecified atom stereocenters. The Bertz CT molecular complexity index is 323. The largest absolute Gasteiger partial charge is 0.496 e. The Morgan fingerprint density at radius 2 is 2.14 bits per heavy atom. The zero-order valence-electron chi connectivity index (χ0n) is 8.80. The average molecular weight is 197 g/mol. The summed E-state index contributed by atoms with van der Waals surface area (Å²) in [6.45, 7) is 3.71. The van der Waals surface area contributed by atoms with Crippen LogP contribution in [0.3, 0.4) is 0 Å². The van der Waals surface area contributed by atoms with Gasteiger partial charge < -0.3 is 10.5 Å².